The number of nitrogens with zero attached hydrogens (tertiary/aromatic N) is 1. The van der Waals surface area contributed by atoms with Crippen molar-refractivity contribution in [2.45, 2.75) is 66.7 Å². The molecule has 3 heteroatoms. The van der Waals surface area contributed by atoms with Crippen LogP contribution in [0.15, 0.2) is 30.3 Å². The fraction of sp³-hybridized carbons (Fsp3) is 0.600. The number of imide groups is 1. The Morgan fingerprint density at radius 3 is 1.96 bits per heavy atom. The van der Waals surface area contributed by atoms with E-state index in [-0.39, 0.29) is 17.7 Å². The molecule has 23 heavy (non-hydrogen) atoms. The number of benzene rings is 1. The van der Waals surface area contributed by atoms with Gasteiger partial charge >= 0.3 is 0 Å². The maximum atomic E-state index is 13.5. The molecule has 0 aliphatic heterocycles. The van der Waals surface area contributed by atoms with Crippen LogP contribution in [0.4, 0.5) is 5.69 Å². The Morgan fingerprint density at radius 2 is 1.57 bits per heavy atom. The van der Waals surface area contributed by atoms with Crippen LogP contribution in [0, 0.1) is 11.3 Å². The first-order valence-electron chi connectivity index (χ1n) is 8.84. The molecule has 1 unspecified atom stereocenters. The fourth-order valence-electron chi connectivity index (χ4n) is 3.57. The molecule has 2 amide bonds. The first-order valence-corrected chi connectivity index (χ1v) is 8.84. The Labute approximate surface area is 141 Å². The van der Waals surface area contributed by atoms with Gasteiger partial charge in [-0.2, -0.15) is 0 Å². The predicted molar refractivity (Wildman–Crippen MR) is 96.3 cm³/mol. The highest BCUT2D eigenvalue weighted by Gasteiger charge is 2.44. The predicted octanol–water partition coefficient (Wildman–Crippen LogP) is 5.20. The SMILES string of the molecule is CCCC(CCC)(C(=O)N(C(C)=O)c1ccccc1)C(C)CC. The van der Waals surface area contributed by atoms with Crippen LogP contribution in [0.2, 0.25) is 0 Å². The molecule has 0 radical (unpaired) electrons. The fourth-order valence-corrected chi connectivity index (χ4v) is 3.57. The Kier molecular flexibility index (Phi) is 7.47. The summed E-state index contributed by atoms with van der Waals surface area (Å²) in [6, 6.07) is 9.29. The Hall–Kier alpha value is -1.64. The zero-order valence-corrected chi connectivity index (χ0v) is 15.3. The maximum Gasteiger partial charge on any atom is 0.240 e. The zero-order valence-electron chi connectivity index (χ0n) is 15.3. The van der Waals surface area contributed by atoms with E-state index in [0.29, 0.717) is 5.69 Å². The van der Waals surface area contributed by atoms with Crippen molar-refractivity contribution in [1.29, 1.82) is 0 Å². The lowest BCUT2D eigenvalue weighted by Gasteiger charge is -2.40. The standard InChI is InChI=1S/C20H31NO2/c1-6-14-20(15-7-2,16(4)8-3)19(23)21(17(5)22)18-12-10-9-11-13-18/h9-13,16H,6-8,14-15H2,1-5H3. The molecule has 0 aliphatic rings. The van der Waals surface area contributed by atoms with Crippen molar-refractivity contribution in [3.63, 3.8) is 0 Å². The first-order chi connectivity index (χ1) is 10.9. The number of hydrogen-bond donors (Lipinski definition) is 0. The minimum absolute atomic E-state index is 0.0331. The van der Waals surface area contributed by atoms with E-state index in [1.165, 1.54) is 11.8 Å². The number of carbonyl (C=O) groups excluding carboxylic acids is 2. The maximum absolute atomic E-state index is 13.5. The molecule has 0 aliphatic carbocycles. The van der Waals surface area contributed by atoms with Gasteiger partial charge in [0.1, 0.15) is 0 Å². The third kappa shape index (κ3) is 4.21. The van der Waals surface area contributed by atoms with Gasteiger partial charge in [-0.3, -0.25) is 14.5 Å². The van der Waals surface area contributed by atoms with Gasteiger partial charge in [-0.15, -0.1) is 0 Å². The molecule has 0 N–H and O–H groups in total. The lowest BCUT2D eigenvalue weighted by atomic mass is 9.67. The summed E-state index contributed by atoms with van der Waals surface area (Å²) in [6.07, 6.45) is 4.47. The van der Waals surface area contributed by atoms with E-state index in [4.69, 9.17) is 0 Å². The number of anilines is 1. The van der Waals surface area contributed by atoms with Crippen molar-refractivity contribution in [2.24, 2.45) is 11.3 Å². The second kappa shape index (κ2) is 8.85. The molecule has 3 nitrogen and oxygen atoms in total. The quantitative estimate of drug-likeness (QED) is 0.661. The Balaban J connectivity index is 3.36. The highest BCUT2D eigenvalue weighted by Crippen LogP contribution is 2.42. The number of para-hydroxylation sites is 1. The second-order valence-corrected chi connectivity index (χ2v) is 6.46. The normalized spacial score (nSPS) is 12.7. The van der Waals surface area contributed by atoms with Crippen LogP contribution < -0.4 is 4.90 Å². The van der Waals surface area contributed by atoms with Gasteiger partial charge in [0.2, 0.25) is 11.8 Å². The van der Waals surface area contributed by atoms with Crippen LogP contribution in [0.1, 0.15) is 66.7 Å². The van der Waals surface area contributed by atoms with Crippen molar-refractivity contribution in [2.75, 3.05) is 4.90 Å². The third-order valence-electron chi connectivity index (χ3n) is 4.91. The lowest BCUT2D eigenvalue weighted by molar-refractivity contribution is -0.136. The summed E-state index contributed by atoms with van der Waals surface area (Å²) in [5, 5.41) is 0. The summed E-state index contributed by atoms with van der Waals surface area (Å²) in [7, 11) is 0. The van der Waals surface area contributed by atoms with Crippen molar-refractivity contribution in [1.82, 2.24) is 0 Å². The van der Waals surface area contributed by atoms with Crippen LogP contribution in [-0.2, 0) is 9.59 Å². The average Bonchev–Trinajstić information content (AvgIpc) is 2.54. The monoisotopic (exact) mass is 317 g/mol. The summed E-state index contributed by atoms with van der Waals surface area (Å²) in [5.74, 6) is 0.01000. The van der Waals surface area contributed by atoms with Crippen LogP contribution in [0.5, 0.6) is 0 Å². The minimum atomic E-state index is -0.459. The molecule has 1 aromatic carbocycles. The topological polar surface area (TPSA) is 37.4 Å². The summed E-state index contributed by atoms with van der Waals surface area (Å²) >= 11 is 0. The van der Waals surface area contributed by atoms with Gasteiger partial charge in [0.05, 0.1) is 11.1 Å². The highest BCUT2D eigenvalue weighted by molar-refractivity contribution is 6.16. The van der Waals surface area contributed by atoms with Crippen LogP contribution >= 0.6 is 0 Å². The summed E-state index contributed by atoms with van der Waals surface area (Å²) in [4.78, 5) is 27.1. The Bertz CT molecular complexity index is 504. The average molecular weight is 317 g/mol. The summed E-state index contributed by atoms with van der Waals surface area (Å²) in [5.41, 5.74) is 0.213. The van der Waals surface area contributed by atoms with Crippen molar-refractivity contribution in [3.8, 4) is 0 Å². The third-order valence-corrected chi connectivity index (χ3v) is 4.91. The van der Waals surface area contributed by atoms with E-state index in [0.717, 1.165) is 32.1 Å². The van der Waals surface area contributed by atoms with Crippen LogP contribution in [0.25, 0.3) is 0 Å². The zero-order chi connectivity index (χ0) is 17.5. The van der Waals surface area contributed by atoms with Crippen molar-refractivity contribution in [3.05, 3.63) is 30.3 Å². The van der Waals surface area contributed by atoms with Gasteiger partial charge in [-0.1, -0.05) is 65.2 Å². The van der Waals surface area contributed by atoms with E-state index in [1.54, 1.807) is 0 Å². The van der Waals surface area contributed by atoms with E-state index < -0.39 is 5.41 Å². The first kappa shape index (κ1) is 19.4. The number of hydrogen-bond acceptors (Lipinski definition) is 2. The van der Waals surface area contributed by atoms with Crippen LogP contribution in [-0.4, -0.2) is 11.8 Å². The molecule has 0 fully saturated rings. The molecule has 1 atom stereocenters. The smallest absolute Gasteiger partial charge is 0.240 e. The molecule has 0 aromatic heterocycles. The summed E-state index contributed by atoms with van der Waals surface area (Å²) < 4.78 is 0. The molecule has 1 aromatic rings. The van der Waals surface area contributed by atoms with Gasteiger partial charge < -0.3 is 0 Å². The van der Waals surface area contributed by atoms with Crippen molar-refractivity contribution >= 4 is 17.5 Å². The van der Waals surface area contributed by atoms with Gasteiger partial charge in [-0.25, -0.2) is 0 Å². The number of amides is 2. The second-order valence-electron chi connectivity index (χ2n) is 6.46. The highest BCUT2D eigenvalue weighted by atomic mass is 16.2. The molecular formula is C20H31NO2. The van der Waals surface area contributed by atoms with Crippen LogP contribution in [0.3, 0.4) is 0 Å². The van der Waals surface area contributed by atoms with Gasteiger partial charge in [0, 0.05) is 6.92 Å². The minimum Gasteiger partial charge on any atom is -0.274 e. The molecule has 0 spiro atoms. The molecule has 128 valence electrons. The van der Waals surface area contributed by atoms with E-state index >= 15 is 0 Å². The largest absolute Gasteiger partial charge is 0.274 e. The molecular weight excluding hydrogens is 286 g/mol. The lowest BCUT2D eigenvalue weighted by Crippen LogP contribution is -2.49. The number of carbonyl (C=O) groups is 2. The molecule has 0 heterocycles. The van der Waals surface area contributed by atoms with Gasteiger partial charge in [0.15, 0.2) is 0 Å². The van der Waals surface area contributed by atoms with E-state index in [2.05, 4.69) is 27.7 Å². The Morgan fingerprint density at radius 1 is 1.04 bits per heavy atom. The van der Waals surface area contributed by atoms with Crippen molar-refractivity contribution < 1.29 is 9.59 Å². The molecule has 1 rings (SSSR count). The molecule has 0 bridgehead atoms. The van der Waals surface area contributed by atoms with Gasteiger partial charge in [0.25, 0.3) is 0 Å². The molecule has 0 saturated carbocycles. The van der Waals surface area contributed by atoms with Gasteiger partial charge in [-0.05, 0) is 30.9 Å². The number of rotatable bonds is 8. The summed E-state index contributed by atoms with van der Waals surface area (Å²) in [6.45, 7) is 9.97. The van der Waals surface area contributed by atoms with E-state index in [9.17, 15) is 9.59 Å². The van der Waals surface area contributed by atoms with E-state index in [1.807, 2.05) is 30.3 Å². The molecule has 0 saturated heterocycles.